The van der Waals surface area contributed by atoms with Gasteiger partial charge in [-0.25, -0.2) is 13.2 Å². The zero-order valence-corrected chi connectivity index (χ0v) is 14.9. The zero-order chi connectivity index (χ0) is 19.2. The van der Waals surface area contributed by atoms with Crippen molar-refractivity contribution in [2.75, 3.05) is 11.9 Å². The summed E-state index contributed by atoms with van der Waals surface area (Å²) in [6.45, 7) is 1.88. The number of aromatic nitrogens is 1. The Morgan fingerprint density at radius 3 is 2.38 bits per heavy atom. The van der Waals surface area contributed by atoms with Gasteiger partial charge in [0.15, 0.2) is 0 Å². The van der Waals surface area contributed by atoms with Crippen molar-refractivity contribution >= 4 is 27.8 Å². The number of hydrogen-bond donors (Lipinski definition) is 4. The molecular formula is C17H19N5O3S. The summed E-state index contributed by atoms with van der Waals surface area (Å²) in [5.41, 5.74) is 6.90. The van der Waals surface area contributed by atoms with Gasteiger partial charge in [-0.05, 0) is 43.3 Å². The largest absolute Gasteiger partial charge is 0.404 e. The number of pyridine rings is 1. The number of hydrogen-bond acceptors (Lipinski definition) is 6. The third kappa shape index (κ3) is 4.67. The van der Waals surface area contributed by atoms with Crippen LogP contribution >= 0.6 is 0 Å². The Hall–Kier alpha value is -3.20. The number of urea groups is 1. The van der Waals surface area contributed by atoms with Crippen LogP contribution in [0.5, 0.6) is 0 Å². The van der Waals surface area contributed by atoms with E-state index in [2.05, 4.69) is 15.6 Å². The first-order valence-electron chi connectivity index (χ1n) is 7.60. The van der Waals surface area contributed by atoms with E-state index in [-0.39, 0.29) is 16.3 Å². The Balaban J connectivity index is 2.07. The van der Waals surface area contributed by atoms with E-state index in [1.807, 2.05) is 0 Å². The fourth-order valence-corrected chi connectivity index (χ4v) is 3.19. The van der Waals surface area contributed by atoms with Crippen LogP contribution in [0.25, 0.3) is 0 Å². The van der Waals surface area contributed by atoms with Gasteiger partial charge in [0.2, 0.25) is 9.84 Å². The van der Waals surface area contributed by atoms with Crippen LogP contribution in [0, 0.1) is 12.3 Å². The van der Waals surface area contributed by atoms with Gasteiger partial charge in [-0.2, -0.15) is 0 Å². The Morgan fingerprint density at radius 1 is 1.19 bits per heavy atom. The Kier molecular flexibility index (Phi) is 6.07. The number of sulfone groups is 1. The summed E-state index contributed by atoms with van der Waals surface area (Å²) in [4.78, 5) is 16.0. The van der Waals surface area contributed by atoms with Crippen molar-refractivity contribution in [3.05, 3.63) is 60.1 Å². The lowest BCUT2D eigenvalue weighted by molar-refractivity contribution is 0.253. The zero-order valence-electron chi connectivity index (χ0n) is 14.1. The number of carbonyl (C=O) groups excluding carboxylic acids is 1. The van der Waals surface area contributed by atoms with Crippen LogP contribution in [0.3, 0.4) is 0 Å². The third-order valence-electron chi connectivity index (χ3n) is 3.47. The lowest BCUT2D eigenvalue weighted by atomic mass is 10.3. The van der Waals surface area contributed by atoms with Gasteiger partial charge in [0, 0.05) is 42.1 Å². The van der Waals surface area contributed by atoms with Gasteiger partial charge in [0.25, 0.3) is 0 Å². The quantitative estimate of drug-likeness (QED) is 0.572. The molecule has 0 atom stereocenters. The summed E-state index contributed by atoms with van der Waals surface area (Å²) in [6.07, 6.45) is 3.59. The molecule has 0 aliphatic heterocycles. The number of aryl methyl sites for hydroxylation is 1. The molecule has 0 saturated heterocycles. The monoisotopic (exact) mass is 373 g/mol. The Morgan fingerprint density at radius 2 is 1.85 bits per heavy atom. The van der Waals surface area contributed by atoms with Crippen molar-refractivity contribution in [1.29, 1.82) is 5.41 Å². The van der Waals surface area contributed by atoms with E-state index >= 15 is 0 Å². The molecule has 1 heterocycles. The molecular weight excluding hydrogens is 354 g/mol. The normalized spacial score (nSPS) is 11.7. The first-order valence-corrected chi connectivity index (χ1v) is 9.09. The van der Waals surface area contributed by atoms with E-state index < -0.39 is 15.9 Å². The molecule has 0 radical (unpaired) electrons. The minimum absolute atomic E-state index is 0.103. The van der Waals surface area contributed by atoms with Crippen LogP contribution in [0.1, 0.15) is 5.69 Å². The van der Waals surface area contributed by atoms with E-state index in [0.717, 1.165) is 11.9 Å². The molecule has 0 aliphatic carbocycles. The highest BCUT2D eigenvalue weighted by Crippen LogP contribution is 2.21. The lowest BCUT2D eigenvalue weighted by Gasteiger charge is -2.09. The Bertz CT molecular complexity index is 920. The first kappa shape index (κ1) is 19.1. The van der Waals surface area contributed by atoms with Gasteiger partial charge in [-0.15, -0.1) is 0 Å². The van der Waals surface area contributed by atoms with Crippen molar-refractivity contribution < 1.29 is 13.2 Å². The number of benzene rings is 1. The summed E-state index contributed by atoms with van der Waals surface area (Å²) in [5.74, 6) is 0. The standard InChI is InChI=1S/C17H19N5O3S/c1-12-2-5-16(11-20-12)26(24,25)15-6-3-14(4-7-15)22-17(23)21-10-13(8-18)9-19/h2-9,11,18H,10,19H2,1H3,(H2,21,22,23)/b13-9+,18-8?. The second kappa shape index (κ2) is 8.26. The second-order valence-electron chi connectivity index (χ2n) is 5.36. The van der Waals surface area contributed by atoms with Crippen molar-refractivity contribution in [3.63, 3.8) is 0 Å². The van der Waals surface area contributed by atoms with E-state index in [1.54, 1.807) is 13.0 Å². The second-order valence-corrected chi connectivity index (χ2v) is 7.31. The van der Waals surface area contributed by atoms with Crippen molar-refractivity contribution in [2.45, 2.75) is 16.7 Å². The molecule has 1 aromatic heterocycles. The SMILES string of the molecule is Cc1ccc(S(=O)(=O)c2ccc(NC(=O)NC/C(C=N)=C/N)cc2)cn1. The number of nitrogens with zero attached hydrogens (tertiary/aromatic N) is 1. The average Bonchev–Trinajstić information content (AvgIpc) is 2.63. The molecule has 2 rings (SSSR count). The molecule has 26 heavy (non-hydrogen) atoms. The molecule has 0 bridgehead atoms. The molecule has 0 saturated carbocycles. The van der Waals surface area contributed by atoms with Crippen LogP contribution in [0.4, 0.5) is 10.5 Å². The minimum Gasteiger partial charge on any atom is -0.404 e. The van der Waals surface area contributed by atoms with Crippen molar-refractivity contribution in [3.8, 4) is 0 Å². The number of nitrogens with two attached hydrogens (primary N) is 1. The summed E-state index contributed by atoms with van der Waals surface area (Å²) in [7, 11) is -3.67. The van der Waals surface area contributed by atoms with Crippen molar-refractivity contribution in [1.82, 2.24) is 10.3 Å². The predicted octanol–water partition coefficient (Wildman–Crippen LogP) is 1.84. The highest BCUT2D eigenvalue weighted by molar-refractivity contribution is 7.91. The van der Waals surface area contributed by atoms with Crippen LogP contribution in [0.2, 0.25) is 0 Å². The topological polar surface area (TPSA) is 138 Å². The van der Waals surface area contributed by atoms with Gasteiger partial charge in [0.1, 0.15) is 0 Å². The first-order chi connectivity index (χ1) is 12.4. The van der Waals surface area contributed by atoms with Crippen LogP contribution in [0.15, 0.2) is 64.2 Å². The number of rotatable bonds is 6. The average molecular weight is 373 g/mol. The van der Waals surface area contributed by atoms with E-state index in [4.69, 9.17) is 11.1 Å². The molecule has 0 spiro atoms. The molecule has 0 fully saturated rings. The summed E-state index contributed by atoms with van der Waals surface area (Å²) in [6, 6.07) is 8.44. The molecule has 0 unspecified atom stereocenters. The van der Waals surface area contributed by atoms with E-state index in [1.165, 1.54) is 42.7 Å². The number of carbonyl (C=O) groups is 1. The number of nitrogens with one attached hydrogen (secondary N) is 3. The maximum absolute atomic E-state index is 12.5. The van der Waals surface area contributed by atoms with Crippen molar-refractivity contribution in [2.24, 2.45) is 5.73 Å². The van der Waals surface area contributed by atoms with Crippen LogP contribution in [-0.2, 0) is 9.84 Å². The smallest absolute Gasteiger partial charge is 0.319 e. The third-order valence-corrected chi connectivity index (χ3v) is 5.22. The molecule has 136 valence electrons. The number of amides is 2. The van der Waals surface area contributed by atoms with E-state index in [9.17, 15) is 13.2 Å². The van der Waals surface area contributed by atoms with Gasteiger partial charge in [-0.1, -0.05) is 0 Å². The Labute approximate surface area is 151 Å². The predicted molar refractivity (Wildman–Crippen MR) is 98.9 cm³/mol. The molecule has 2 aromatic rings. The lowest BCUT2D eigenvalue weighted by Crippen LogP contribution is -2.30. The van der Waals surface area contributed by atoms with Crippen LogP contribution in [-0.4, -0.2) is 32.2 Å². The van der Waals surface area contributed by atoms with Gasteiger partial charge in [0.05, 0.1) is 9.79 Å². The maximum Gasteiger partial charge on any atom is 0.319 e. The number of anilines is 1. The van der Waals surface area contributed by atoms with Gasteiger partial charge < -0.3 is 21.8 Å². The highest BCUT2D eigenvalue weighted by atomic mass is 32.2. The molecule has 0 aliphatic rings. The molecule has 2 amide bonds. The molecule has 1 aromatic carbocycles. The molecule has 5 N–H and O–H groups in total. The van der Waals surface area contributed by atoms with Gasteiger partial charge >= 0.3 is 6.03 Å². The summed E-state index contributed by atoms with van der Waals surface area (Å²) < 4.78 is 25.1. The minimum atomic E-state index is -3.67. The maximum atomic E-state index is 12.5. The van der Waals surface area contributed by atoms with E-state index in [0.29, 0.717) is 11.3 Å². The fourth-order valence-electron chi connectivity index (χ4n) is 1.98. The van der Waals surface area contributed by atoms with Crippen LogP contribution < -0.4 is 16.4 Å². The summed E-state index contributed by atoms with van der Waals surface area (Å²) >= 11 is 0. The summed E-state index contributed by atoms with van der Waals surface area (Å²) in [5, 5.41) is 12.2. The molecule has 8 nitrogen and oxygen atoms in total. The van der Waals surface area contributed by atoms with Gasteiger partial charge in [-0.3, -0.25) is 4.98 Å². The fraction of sp³-hybridized carbons (Fsp3) is 0.118. The molecule has 9 heteroatoms. The highest BCUT2D eigenvalue weighted by Gasteiger charge is 2.17.